The highest BCUT2D eigenvalue weighted by Crippen LogP contribution is 2.27. The molecule has 0 aliphatic heterocycles. The van der Waals surface area contributed by atoms with Gasteiger partial charge < -0.3 is 10.2 Å². The molecule has 0 atom stereocenters. The van der Waals surface area contributed by atoms with Gasteiger partial charge in [-0.2, -0.15) is 5.10 Å². The molecule has 0 fully saturated rings. The third kappa shape index (κ3) is 6.59. The summed E-state index contributed by atoms with van der Waals surface area (Å²) in [6, 6.07) is 9.16. The van der Waals surface area contributed by atoms with Crippen LogP contribution in [0.25, 0.3) is 5.69 Å². The largest absolute Gasteiger partial charge is 0.333 e. The molecule has 1 heterocycles. The highest BCUT2D eigenvalue weighted by molar-refractivity contribution is 6.30. The number of hydrogen-bond acceptors (Lipinski definition) is 3. The van der Waals surface area contributed by atoms with Gasteiger partial charge in [-0.15, -0.1) is 0 Å². The Morgan fingerprint density at radius 1 is 1.20 bits per heavy atom. The Labute approximate surface area is 184 Å². The molecule has 0 aliphatic rings. The van der Waals surface area contributed by atoms with E-state index in [4.69, 9.17) is 16.7 Å². The molecule has 0 unspecified atom stereocenters. The van der Waals surface area contributed by atoms with Gasteiger partial charge in [0.25, 0.3) is 0 Å². The van der Waals surface area contributed by atoms with Gasteiger partial charge in [-0.1, -0.05) is 53.1 Å². The van der Waals surface area contributed by atoms with Crippen LogP contribution in [-0.4, -0.2) is 39.6 Å². The quantitative estimate of drug-likeness (QED) is 0.634. The zero-order valence-electron chi connectivity index (χ0n) is 18.8. The third-order valence-corrected chi connectivity index (χ3v) is 4.81. The number of rotatable bonds is 8. The van der Waals surface area contributed by atoms with Crippen molar-refractivity contribution in [1.82, 2.24) is 14.7 Å². The summed E-state index contributed by atoms with van der Waals surface area (Å²) in [7, 11) is 0. The lowest BCUT2D eigenvalue weighted by Crippen LogP contribution is -2.40. The van der Waals surface area contributed by atoms with E-state index >= 15 is 0 Å². The predicted molar refractivity (Wildman–Crippen MR) is 122 cm³/mol. The van der Waals surface area contributed by atoms with Crippen molar-refractivity contribution in [2.24, 2.45) is 5.92 Å². The summed E-state index contributed by atoms with van der Waals surface area (Å²) in [5, 5.41) is 8.29. The topological polar surface area (TPSA) is 67.2 Å². The van der Waals surface area contributed by atoms with Gasteiger partial charge in [0.05, 0.1) is 17.9 Å². The van der Waals surface area contributed by atoms with Crippen molar-refractivity contribution in [2.45, 2.75) is 59.8 Å². The maximum Gasteiger partial charge on any atom is 0.245 e. The molecule has 0 spiro atoms. The second-order valence-electron chi connectivity index (χ2n) is 9.02. The fraction of sp³-hybridized carbons (Fsp3) is 0.522. The summed E-state index contributed by atoms with van der Waals surface area (Å²) >= 11 is 6.02. The highest BCUT2D eigenvalue weighted by Gasteiger charge is 2.23. The number of aromatic nitrogens is 2. The number of nitrogens with one attached hydrogen (secondary N) is 1. The van der Waals surface area contributed by atoms with Gasteiger partial charge in [-0.05, 0) is 36.6 Å². The van der Waals surface area contributed by atoms with Crippen molar-refractivity contribution in [3.8, 4) is 5.69 Å². The van der Waals surface area contributed by atoms with Crippen LogP contribution in [0.2, 0.25) is 5.02 Å². The van der Waals surface area contributed by atoms with Gasteiger partial charge >= 0.3 is 0 Å². The lowest BCUT2D eigenvalue weighted by atomic mass is 9.92. The molecule has 1 aromatic carbocycles. The second kappa shape index (κ2) is 10.1. The predicted octanol–water partition coefficient (Wildman–Crippen LogP) is 5.05. The van der Waals surface area contributed by atoms with Crippen molar-refractivity contribution >= 4 is 29.2 Å². The van der Waals surface area contributed by atoms with E-state index in [-0.39, 0.29) is 29.7 Å². The Kier molecular flexibility index (Phi) is 8.07. The average Bonchev–Trinajstić information content (AvgIpc) is 3.05. The van der Waals surface area contributed by atoms with Crippen molar-refractivity contribution in [3.63, 3.8) is 0 Å². The number of nitrogens with zero attached hydrogens (tertiary/aromatic N) is 3. The summed E-state index contributed by atoms with van der Waals surface area (Å²) < 4.78 is 1.70. The number of amides is 2. The summed E-state index contributed by atoms with van der Waals surface area (Å²) in [5.41, 5.74) is 1.47. The van der Waals surface area contributed by atoms with E-state index in [2.05, 4.69) is 26.1 Å². The van der Waals surface area contributed by atoms with Crippen LogP contribution in [0.15, 0.2) is 30.3 Å². The number of carbonyl (C=O) groups excluding carboxylic acids is 2. The monoisotopic (exact) mass is 432 g/mol. The van der Waals surface area contributed by atoms with Crippen LogP contribution < -0.4 is 5.32 Å². The molecule has 2 rings (SSSR count). The highest BCUT2D eigenvalue weighted by atomic mass is 35.5. The fourth-order valence-corrected chi connectivity index (χ4v) is 3.16. The van der Waals surface area contributed by atoms with E-state index < -0.39 is 0 Å². The van der Waals surface area contributed by atoms with E-state index in [1.165, 1.54) is 0 Å². The van der Waals surface area contributed by atoms with Gasteiger partial charge in [-0.25, -0.2) is 4.68 Å². The first kappa shape index (κ1) is 23.9. The molecule has 0 saturated carbocycles. The van der Waals surface area contributed by atoms with Gasteiger partial charge in [0, 0.05) is 29.5 Å². The van der Waals surface area contributed by atoms with E-state index in [0.717, 1.165) is 17.8 Å². The molecule has 7 heteroatoms. The third-order valence-electron chi connectivity index (χ3n) is 4.55. The molecule has 164 valence electrons. The van der Waals surface area contributed by atoms with E-state index in [9.17, 15) is 9.59 Å². The van der Waals surface area contributed by atoms with Crippen LogP contribution in [0.4, 0.5) is 5.82 Å². The first-order chi connectivity index (χ1) is 14.0. The summed E-state index contributed by atoms with van der Waals surface area (Å²) in [6.07, 6.45) is 1.20. The lowest BCUT2D eigenvalue weighted by molar-refractivity contribution is -0.135. The van der Waals surface area contributed by atoms with Crippen LogP contribution in [0.3, 0.4) is 0 Å². The van der Waals surface area contributed by atoms with Crippen LogP contribution >= 0.6 is 11.6 Å². The van der Waals surface area contributed by atoms with Crippen LogP contribution in [0, 0.1) is 5.92 Å². The van der Waals surface area contributed by atoms with Crippen molar-refractivity contribution < 1.29 is 9.59 Å². The van der Waals surface area contributed by atoms with E-state index in [1.807, 2.05) is 39.0 Å². The zero-order valence-corrected chi connectivity index (χ0v) is 19.6. The molecule has 0 aliphatic carbocycles. The number of halogens is 1. The smallest absolute Gasteiger partial charge is 0.245 e. The fourth-order valence-electron chi connectivity index (χ4n) is 3.04. The molecule has 2 aromatic rings. The van der Waals surface area contributed by atoms with Gasteiger partial charge in [0.15, 0.2) is 0 Å². The summed E-state index contributed by atoms with van der Waals surface area (Å²) in [6.45, 7) is 12.8. The minimum atomic E-state index is -0.240. The number of carbonyl (C=O) groups is 2. The Morgan fingerprint density at radius 2 is 1.83 bits per heavy atom. The molecule has 6 nitrogen and oxygen atoms in total. The molecule has 0 saturated heterocycles. The standard InChI is InChI=1S/C23H33ClN4O2/c1-7-8-22(30)27(14-16(2)3)15-21(29)25-20-13-19(23(4,5)6)26-28(20)18-11-9-17(24)10-12-18/h9-13,16H,7-8,14-15H2,1-6H3,(H,25,29). The van der Waals surface area contributed by atoms with Crippen LogP contribution in [0.5, 0.6) is 0 Å². The Morgan fingerprint density at radius 3 is 2.37 bits per heavy atom. The lowest BCUT2D eigenvalue weighted by Gasteiger charge is -2.24. The average molecular weight is 433 g/mol. The SMILES string of the molecule is CCCC(=O)N(CC(=O)Nc1cc(C(C)(C)C)nn1-c1ccc(Cl)cc1)CC(C)C. The maximum absolute atomic E-state index is 12.8. The van der Waals surface area contributed by atoms with E-state index in [0.29, 0.717) is 23.8 Å². The first-order valence-electron chi connectivity index (χ1n) is 10.4. The Hall–Kier alpha value is -2.34. The van der Waals surface area contributed by atoms with Gasteiger partial charge in [0.1, 0.15) is 5.82 Å². The second-order valence-corrected chi connectivity index (χ2v) is 9.46. The van der Waals surface area contributed by atoms with Crippen molar-refractivity contribution in [3.05, 3.63) is 41.0 Å². The maximum atomic E-state index is 12.8. The molecule has 1 N–H and O–H groups in total. The van der Waals surface area contributed by atoms with Crippen LogP contribution in [-0.2, 0) is 15.0 Å². The van der Waals surface area contributed by atoms with Gasteiger partial charge in [-0.3, -0.25) is 9.59 Å². The molecule has 2 amide bonds. The number of anilines is 1. The minimum absolute atomic E-state index is 0.00272. The Bertz CT molecular complexity index is 866. The van der Waals surface area contributed by atoms with Gasteiger partial charge in [0.2, 0.25) is 11.8 Å². The molecule has 0 radical (unpaired) electrons. The molecule has 30 heavy (non-hydrogen) atoms. The van der Waals surface area contributed by atoms with Crippen LogP contribution in [0.1, 0.15) is 60.1 Å². The van der Waals surface area contributed by atoms with Crippen molar-refractivity contribution in [1.29, 1.82) is 0 Å². The normalized spacial score (nSPS) is 11.6. The molecular formula is C23H33ClN4O2. The number of benzene rings is 1. The first-order valence-corrected chi connectivity index (χ1v) is 10.8. The summed E-state index contributed by atoms with van der Waals surface area (Å²) in [4.78, 5) is 26.9. The minimum Gasteiger partial charge on any atom is -0.333 e. The van der Waals surface area contributed by atoms with E-state index in [1.54, 1.807) is 21.7 Å². The zero-order chi connectivity index (χ0) is 22.5. The van der Waals surface area contributed by atoms with Crippen molar-refractivity contribution in [2.75, 3.05) is 18.4 Å². The number of hydrogen-bond donors (Lipinski definition) is 1. The molecule has 1 aromatic heterocycles. The molecule has 0 bridgehead atoms. The summed E-state index contributed by atoms with van der Waals surface area (Å²) in [5.74, 6) is 0.615. The molecular weight excluding hydrogens is 400 g/mol. The Balaban J connectivity index is 2.28.